The Morgan fingerprint density at radius 3 is 2.33 bits per heavy atom. The van der Waals surface area contributed by atoms with E-state index >= 15 is 0 Å². The summed E-state index contributed by atoms with van der Waals surface area (Å²) < 4.78 is 31.5. The summed E-state index contributed by atoms with van der Waals surface area (Å²) in [7, 11) is -2.42. The van der Waals surface area contributed by atoms with Crippen molar-refractivity contribution in [3.8, 4) is 5.75 Å². The highest BCUT2D eigenvalue weighted by molar-refractivity contribution is 7.92. The van der Waals surface area contributed by atoms with Crippen LogP contribution in [0.2, 0.25) is 5.02 Å². The van der Waals surface area contributed by atoms with Gasteiger partial charge < -0.3 is 15.0 Å². The Balaban J connectivity index is 2.43. The molecule has 0 unspecified atom stereocenters. The maximum atomic E-state index is 13.5. The first kappa shape index (κ1) is 26.5. The summed E-state index contributed by atoms with van der Waals surface area (Å²) in [4.78, 5) is 27.5. The minimum Gasteiger partial charge on any atom is -0.495 e. The number of methoxy groups -OCH3 is 1. The summed E-state index contributed by atoms with van der Waals surface area (Å²) in [6.07, 6.45) is 1.02. The fraction of sp³-hybridized carbons (Fsp3) is 0.391. The lowest BCUT2D eigenvalue weighted by Gasteiger charge is -2.32. The summed E-state index contributed by atoms with van der Waals surface area (Å²) in [5, 5.41) is 3.29. The van der Waals surface area contributed by atoms with E-state index in [1.165, 1.54) is 12.0 Å². The van der Waals surface area contributed by atoms with Gasteiger partial charge in [-0.25, -0.2) is 8.42 Å². The van der Waals surface area contributed by atoms with Gasteiger partial charge in [0.05, 0.1) is 19.1 Å². The number of ether oxygens (including phenoxy) is 1. The van der Waals surface area contributed by atoms with Gasteiger partial charge in [0.1, 0.15) is 18.3 Å². The lowest BCUT2D eigenvalue weighted by atomic mass is 10.1. The number of carbonyl (C=O) groups excluding carboxylic acids is 2. The van der Waals surface area contributed by atoms with Crippen molar-refractivity contribution in [1.82, 2.24) is 10.2 Å². The van der Waals surface area contributed by atoms with Crippen molar-refractivity contribution in [2.75, 3.05) is 24.2 Å². The van der Waals surface area contributed by atoms with Crippen LogP contribution < -0.4 is 14.4 Å². The number of sulfonamides is 1. The normalized spacial score (nSPS) is 12.2. The molecule has 2 aromatic rings. The second-order valence-corrected chi connectivity index (χ2v) is 10.3. The number of benzene rings is 2. The van der Waals surface area contributed by atoms with Crippen molar-refractivity contribution < 1.29 is 22.7 Å². The molecule has 8 nitrogen and oxygen atoms in total. The van der Waals surface area contributed by atoms with Crippen LogP contribution in [0.15, 0.2) is 48.5 Å². The second kappa shape index (κ2) is 11.4. The number of carbonyl (C=O) groups is 2. The third-order valence-electron chi connectivity index (χ3n) is 4.87. The molecule has 33 heavy (non-hydrogen) atoms. The lowest BCUT2D eigenvalue weighted by Crippen LogP contribution is -2.52. The minimum atomic E-state index is -3.84. The molecule has 1 atom stereocenters. The van der Waals surface area contributed by atoms with E-state index in [4.69, 9.17) is 16.3 Å². The first-order valence-electron chi connectivity index (χ1n) is 10.4. The van der Waals surface area contributed by atoms with Crippen LogP contribution in [0, 0.1) is 0 Å². The van der Waals surface area contributed by atoms with Crippen LogP contribution in [0.25, 0.3) is 0 Å². The molecule has 0 aliphatic carbocycles. The van der Waals surface area contributed by atoms with E-state index in [1.54, 1.807) is 55.5 Å². The Morgan fingerprint density at radius 2 is 1.76 bits per heavy atom. The van der Waals surface area contributed by atoms with Crippen molar-refractivity contribution >= 4 is 39.1 Å². The number of hydrogen-bond acceptors (Lipinski definition) is 5. The van der Waals surface area contributed by atoms with E-state index in [0.29, 0.717) is 16.3 Å². The Bertz CT molecular complexity index is 1090. The maximum Gasteiger partial charge on any atom is 0.244 e. The van der Waals surface area contributed by atoms with Crippen molar-refractivity contribution in [2.45, 2.75) is 39.4 Å². The molecule has 0 bridgehead atoms. The van der Waals surface area contributed by atoms with Gasteiger partial charge in [-0.15, -0.1) is 0 Å². The van der Waals surface area contributed by atoms with Crippen LogP contribution in [0.1, 0.15) is 26.3 Å². The molecule has 0 aromatic heterocycles. The van der Waals surface area contributed by atoms with Gasteiger partial charge in [-0.2, -0.15) is 0 Å². The molecule has 2 aromatic carbocycles. The average Bonchev–Trinajstić information content (AvgIpc) is 2.74. The zero-order chi connectivity index (χ0) is 24.8. The number of halogens is 1. The van der Waals surface area contributed by atoms with E-state index in [9.17, 15) is 18.0 Å². The summed E-state index contributed by atoms with van der Waals surface area (Å²) in [6.45, 7) is 4.82. The second-order valence-electron chi connectivity index (χ2n) is 7.93. The molecule has 1 N–H and O–H groups in total. The smallest absolute Gasteiger partial charge is 0.244 e. The SMILES string of the molecule is COc1ccccc1N(CC(=O)N(Cc1cccc(Cl)c1)[C@@H](C)C(=O)NC(C)C)S(C)(=O)=O. The lowest BCUT2D eigenvalue weighted by molar-refractivity contribution is -0.139. The van der Waals surface area contributed by atoms with Gasteiger partial charge in [0.2, 0.25) is 21.8 Å². The highest BCUT2D eigenvalue weighted by atomic mass is 35.5. The van der Waals surface area contributed by atoms with E-state index < -0.39 is 28.5 Å². The van der Waals surface area contributed by atoms with E-state index in [0.717, 1.165) is 10.6 Å². The quantitative estimate of drug-likeness (QED) is 0.546. The molecule has 10 heteroatoms. The van der Waals surface area contributed by atoms with Crippen LogP contribution in [-0.4, -0.2) is 57.1 Å². The third-order valence-corrected chi connectivity index (χ3v) is 6.23. The van der Waals surface area contributed by atoms with Crippen molar-refractivity contribution in [1.29, 1.82) is 0 Å². The fourth-order valence-electron chi connectivity index (χ4n) is 3.25. The van der Waals surface area contributed by atoms with Gasteiger partial charge in [0, 0.05) is 17.6 Å². The predicted octanol–water partition coefficient (Wildman–Crippen LogP) is 3.06. The van der Waals surface area contributed by atoms with E-state index in [2.05, 4.69) is 5.32 Å². The molecule has 0 fully saturated rings. The van der Waals surface area contributed by atoms with Crippen LogP contribution in [-0.2, 0) is 26.2 Å². The molecular formula is C23H30ClN3O5S. The molecule has 0 heterocycles. The zero-order valence-corrected chi connectivity index (χ0v) is 21.0. The third kappa shape index (κ3) is 7.36. The first-order chi connectivity index (χ1) is 15.4. The van der Waals surface area contributed by atoms with Crippen LogP contribution in [0.4, 0.5) is 5.69 Å². The Hall–Kier alpha value is -2.78. The highest BCUT2D eigenvalue weighted by Gasteiger charge is 2.31. The Morgan fingerprint density at radius 1 is 1.09 bits per heavy atom. The predicted molar refractivity (Wildman–Crippen MR) is 130 cm³/mol. The van der Waals surface area contributed by atoms with Gasteiger partial charge in [0.25, 0.3) is 0 Å². The number of para-hydroxylation sites is 2. The van der Waals surface area contributed by atoms with Crippen molar-refractivity contribution in [2.24, 2.45) is 0 Å². The van der Waals surface area contributed by atoms with Gasteiger partial charge in [-0.1, -0.05) is 35.9 Å². The van der Waals surface area contributed by atoms with Gasteiger partial charge in [-0.3, -0.25) is 13.9 Å². The molecule has 0 aliphatic rings. The largest absolute Gasteiger partial charge is 0.495 e. The molecule has 0 radical (unpaired) electrons. The molecule has 2 rings (SSSR count). The number of nitrogens with one attached hydrogen (secondary N) is 1. The number of hydrogen-bond donors (Lipinski definition) is 1. The van der Waals surface area contributed by atoms with Crippen LogP contribution in [0.3, 0.4) is 0 Å². The monoisotopic (exact) mass is 495 g/mol. The first-order valence-corrected chi connectivity index (χ1v) is 12.6. The highest BCUT2D eigenvalue weighted by Crippen LogP contribution is 2.29. The zero-order valence-electron chi connectivity index (χ0n) is 19.4. The van der Waals surface area contributed by atoms with Gasteiger partial charge in [-0.05, 0) is 50.6 Å². The number of rotatable bonds is 10. The Kier molecular flexibility index (Phi) is 9.13. The summed E-state index contributed by atoms with van der Waals surface area (Å²) in [6, 6.07) is 12.5. The van der Waals surface area contributed by atoms with Gasteiger partial charge in [0.15, 0.2) is 0 Å². The molecule has 0 saturated carbocycles. The minimum absolute atomic E-state index is 0.0790. The molecule has 180 valence electrons. The Labute approximate surface area is 200 Å². The fourth-order valence-corrected chi connectivity index (χ4v) is 4.32. The van der Waals surface area contributed by atoms with Crippen molar-refractivity contribution in [3.63, 3.8) is 0 Å². The topological polar surface area (TPSA) is 96.0 Å². The molecule has 2 amide bonds. The molecule has 0 aliphatic heterocycles. The number of anilines is 1. The van der Waals surface area contributed by atoms with Crippen molar-refractivity contribution in [3.05, 3.63) is 59.1 Å². The van der Waals surface area contributed by atoms with Gasteiger partial charge >= 0.3 is 0 Å². The standard InChI is InChI=1S/C23H30ClN3O5S/c1-16(2)25-23(29)17(3)26(14-18-9-8-10-19(24)13-18)22(28)15-27(33(5,30)31)20-11-6-7-12-21(20)32-4/h6-13,16-17H,14-15H2,1-5H3,(H,25,29)/t17-/m0/s1. The molecule has 0 spiro atoms. The number of nitrogens with zero attached hydrogens (tertiary/aromatic N) is 2. The molecular weight excluding hydrogens is 466 g/mol. The summed E-state index contributed by atoms with van der Waals surface area (Å²) in [5.41, 5.74) is 0.945. The van der Waals surface area contributed by atoms with E-state index in [1.807, 2.05) is 13.8 Å². The van der Waals surface area contributed by atoms with Crippen LogP contribution >= 0.6 is 11.6 Å². The maximum absolute atomic E-state index is 13.5. The average molecular weight is 496 g/mol. The number of amides is 2. The summed E-state index contributed by atoms with van der Waals surface area (Å²) in [5.74, 6) is -0.580. The van der Waals surface area contributed by atoms with E-state index in [-0.39, 0.29) is 24.2 Å². The van der Waals surface area contributed by atoms with Crippen LogP contribution in [0.5, 0.6) is 5.75 Å². The summed E-state index contributed by atoms with van der Waals surface area (Å²) >= 11 is 6.09. The molecule has 0 saturated heterocycles.